The standard InChI is InChI=1S/C25H20F2N2O2/c26-25(27,24(31)20-11-5-2-6-12-20)23(30)15-16-29(18-19-9-3-1-4-10-19)22-14-8-7-13-21(22)17-28/h1-16,24,31H,18H2/b16-15+. The van der Waals surface area contributed by atoms with Crippen molar-refractivity contribution >= 4 is 11.5 Å². The Bertz CT molecular complexity index is 1090. The number of nitrogens with zero attached hydrogens (tertiary/aromatic N) is 2. The normalized spacial score (nSPS) is 12.3. The minimum atomic E-state index is -4.01. The first-order valence-corrected chi connectivity index (χ1v) is 9.56. The van der Waals surface area contributed by atoms with Gasteiger partial charge in [-0.1, -0.05) is 72.8 Å². The number of carbonyl (C=O) groups excluding carboxylic acids is 1. The van der Waals surface area contributed by atoms with Gasteiger partial charge in [0, 0.05) is 18.8 Å². The number of alkyl halides is 2. The molecule has 4 nitrogen and oxygen atoms in total. The first kappa shape index (κ1) is 21.9. The Kier molecular flexibility index (Phi) is 6.91. The van der Waals surface area contributed by atoms with E-state index >= 15 is 0 Å². The maximum Gasteiger partial charge on any atom is 0.338 e. The third-order valence-corrected chi connectivity index (χ3v) is 4.72. The van der Waals surface area contributed by atoms with Crippen molar-refractivity contribution in [2.45, 2.75) is 18.6 Å². The van der Waals surface area contributed by atoms with Crippen LogP contribution in [0, 0.1) is 11.3 Å². The van der Waals surface area contributed by atoms with Crippen LogP contribution in [-0.4, -0.2) is 16.8 Å². The third-order valence-electron chi connectivity index (χ3n) is 4.72. The summed E-state index contributed by atoms with van der Waals surface area (Å²) in [5, 5.41) is 19.5. The summed E-state index contributed by atoms with van der Waals surface area (Å²) < 4.78 is 29.2. The number of anilines is 1. The summed E-state index contributed by atoms with van der Waals surface area (Å²) in [4.78, 5) is 13.9. The topological polar surface area (TPSA) is 64.3 Å². The fourth-order valence-electron chi connectivity index (χ4n) is 3.07. The molecule has 0 heterocycles. The fourth-order valence-corrected chi connectivity index (χ4v) is 3.07. The minimum absolute atomic E-state index is 0.0507. The van der Waals surface area contributed by atoms with Gasteiger partial charge in [0.25, 0.3) is 0 Å². The minimum Gasteiger partial charge on any atom is -0.382 e. The van der Waals surface area contributed by atoms with Gasteiger partial charge in [0.1, 0.15) is 6.07 Å². The monoisotopic (exact) mass is 418 g/mol. The highest BCUT2D eigenvalue weighted by molar-refractivity contribution is 5.96. The Hall–Kier alpha value is -3.82. The van der Waals surface area contributed by atoms with Gasteiger partial charge in [0.05, 0.1) is 11.3 Å². The summed E-state index contributed by atoms with van der Waals surface area (Å²) in [7, 11) is 0. The van der Waals surface area contributed by atoms with Crippen LogP contribution < -0.4 is 4.90 Å². The Morgan fingerprint density at radius 3 is 2.23 bits per heavy atom. The molecular formula is C25H20F2N2O2. The molecule has 1 atom stereocenters. The van der Waals surface area contributed by atoms with E-state index in [9.17, 15) is 23.9 Å². The van der Waals surface area contributed by atoms with E-state index in [4.69, 9.17) is 0 Å². The van der Waals surface area contributed by atoms with Crippen molar-refractivity contribution in [3.05, 3.63) is 114 Å². The van der Waals surface area contributed by atoms with Crippen molar-refractivity contribution < 1.29 is 18.7 Å². The number of ketones is 1. The number of aliphatic hydroxyl groups is 1. The molecule has 0 saturated heterocycles. The van der Waals surface area contributed by atoms with E-state index in [2.05, 4.69) is 6.07 Å². The lowest BCUT2D eigenvalue weighted by Crippen LogP contribution is -2.35. The second kappa shape index (κ2) is 9.79. The first-order valence-electron chi connectivity index (χ1n) is 9.56. The second-order valence-corrected chi connectivity index (χ2v) is 6.86. The summed E-state index contributed by atoms with van der Waals surface area (Å²) in [5.74, 6) is -5.54. The van der Waals surface area contributed by atoms with Crippen LogP contribution >= 0.6 is 0 Å². The summed E-state index contributed by atoms with van der Waals surface area (Å²) in [6.45, 7) is 0.260. The second-order valence-electron chi connectivity index (χ2n) is 6.86. The Labute approximate surface area is 179 Å². The van der Waals surface area contributed by atoms with E-state index in [0.717, 1.165) is 11.6 Å². The zero-order valence-corrected chi connectivity index (χ0v) is 16.5. The van der Waals surface area contributed by atoms with Crippen molar-refractivity contribution in [3.8, 4) is 6.07 Å². The number of para-hydroxylation sites is 1. The molecule has 0 radical (unpaired) electrons. The zero-order chi connectivity index (χ0) is 22.3. The van der Waals surface area contributed by atoms with Gasteiger partial charge in [-0.15, -0.1) is 0 Å². The molecule has 3 rings (SSSR count). The van der Waals surface area contributed by atoms with Crippen molar-refractivity contribution in [1.82, 2.24) is 0 Å². The van der Waals surface area contributed by atoms with Crippen LogP contribution in [0.3, 0.4) is 0 Å². The molecule has 0 spiro atoms. The van der Waals surface area contributed by atoms with Gasteiger partial charge in [-0.3, -0.25) is 4.79 Å². The average molecular weight is 418 g/mol. The van der Waals surface area contributed by atoms with E-state index in [1.807, 2.05) is 30.3 Å². The lowest BCUT2D eigenvalue weighted by atomic mass is 10.0. The van der Waals surface area contributed by atoms with Crippen LogP contribution in [0.4, 0.5) is 14.5 Å². The van der Waals surface area contributed by atoms with Crippen LogP contribution in [0.15, 0.2) is 97.2 Å². The molecule has 0 aliphatic rings. The number of allylic oxidation sites excluding steroid dienone is 1. The molecule has 1 unspecified atom stereocenters. The van der Waals surface area contributed by atoms with Crippen LogP contribution in [0.5, 0.6) is 0 Å². The SMILES string of the molecule is N#Cc1ccccc1N(/C=C/C(=O)C(F)(F)C(O)c1ccccc1)Cc1ccccc1. The number of halogens is 2. The summed E-state index contributed by atoms with van der Waals surface area (Å²) >= 11 is 0. The lowest BCUT2D eigenvalue weighted by molar-refractivity contribution is -0.156. The smallest absolute Gasteiger partial charge is 0.338 e. The number of rotatable bonds is 8. The molecule has 6 heteroatoms. The van der Waals surface area contributed by atoms with Crippen LogP contribution in [0.25, 0.3) is 0 Å². The van der Waals surface area contributed by atoms with Gasteiger partial charge < -0.3 is 10.0 Å². The van der Waals surface area contributed by atoms with Crippen molar-refractivity contribution in [1.29, 1.82) is 5.26 Å². The molecule has 3 aromatic rings. The molecule has 0 aliphatic carbocycles. The predicted molar refractivity (Wildman–Crippen MR) is 114 cm³/mol. The number of hydrogen-bond donors (Lipinski definition) is 1. The van der Waals surface area contributed by atoms with E-state index in [1.54, 1.807) is 35.2 Å². The van der Waals surface area contributed by atoms with Crippen LogP contribution in [-0.2, 0) is 11.3 Å². The highest BCUT2D eigenvalue weighted by Crippen LogP contribution is 2.32. The van der Waals surface area contributed by atoms with Crippen LogP contribution in [0.2, 0.25) is 0 Å². The van der Waals surface area contributed by atoms with Crippen molar-refractivity contribution in [2.75, 3.05) is 4.90 Å². The Balaban J connectivity index is 1.89. The molecule has 0 aliphatic heterocycles. The molecule has 1 N–H and O–H groups in total. The largest absolute Gasteiger partial charge is 0.382 e. The molecule has 31 heavy (non-hydrogen) atoms. The summed E-state index contributed by atoms with van der Waals surface area (Å²) in [6, 6.07) is 25.3. The van der Waals surface area contributed by atoms with E-state index in [1.165, 1.54) is 30.5 Å². The Morgan fingerprint density at radius 1 is 1.00 bits per heavy atom. The van der Waals surface area contributed by atoms with E-state index in [-0.39, 0.29) is 12.1 Å². The van der Waals surface area contributed by atoms with Gasteiger partial charge in [-0.2, -0.15) is 14.0 Å². The van der Waals surface area contributed by atoms with Gasteiger partial charge in [0.15, 0.2) is 6.10 Å². The van der Waals surface area contributed by atoms with E-state index in [0.29, 0.717) is 11.3 Å². The summed E-state index contributed by atoms with van der Waals surface area (Å²) in [5.41, 5.74) is 1.63. The van der Waals surface area contributed by atoms with Gasteiger partial charge in [-0.25, -0.2) is 0 Å². The lowest BCUT2D eigenvalue weighted by Gasteiger charge is -2.23. The first-order chi connectivity index (χ1) is 14.9. The highest BCUT2D eigenvalue weighted by Gasteiger charge is 2.45. The molecule has 0 fully saturated rings. The quantitative estimate of drug-likeness (QED) is 0.522. The molecule has 0 bridgehead atoms. The fraction of sp³-hybridized carbons (Fsp3) is 0.120. The molecular weight excluding hydrogens is 398 g/mol. The molecule has 0 aromatic heterocycles. The van der Waals surface area contributed by atoms with E-state index < -0.39 is 17.8 Å². The van der Waals surface area contributed by atoms with Gasteiger partial charge in [0.2, 0.25) is 5.78 Å². The third kappa shape index (κ3) is 5.21. The number of hydrogen-bond acceptors (Lipinski definition) is 4. The van der Waals surface area contributed by atoms with Gasteiger partial charge in [-0.05, 0) is 23.3 Å². The van der Waals surface area contributed by atoms with Crippen LogP contribution in [0.1, 0.15) is 22.8 Å². The Morgan fingerprint density at radius 2 is 1.58 bits per heavy atom. The maximum absolute atomic E-state index is 14.6. The predicted octanol–water partition coefficient (Wildman–Crippen LogP) is 5.02. The van der Waals surface area contributed by atoms with Crippen molar-refractivity contribution in [2.24, 2.45) is 0 Å². The van der Waals surface area contributed by atoms with Crippen molar-refractivity contribution in [3.63, 3.8) is 0 Å². The number of aliphatic hydroxyl groups excluding tert-OH is 1. The number of benzene rings is 3. The number of nitriles is 1. The zero-order valence-electron chi connectivity index (χ0n) is 16.5. The summed E-state index contributed by atoms with van der Waals surface area (Å²) in [6.07, 6.45) is -0.305. The molecule has 3 aromatic carbocycles. The molecule has 0 amide bonds. The number of carbonyl (C=O) groups is 1. The van der Waals surface area contributed by atoms with Gasteiger partial charge >= 0.3 is 5.92 Å². The highest BCUT2D eigenvalue weighted by atomic mass is 19.3. The average Bonchev–Trinajstić information content (AvgIpc) is 2.82. The molecule has 0 saturated carbocycles. The molecule has 156 valence electrons. The maximum atomic E-state index is 14.6.